The van der Waals surface area contributed by atoms with E-state index in [2.05, 4.69) is 15.9 Å². The smallest absolute Gasteiger partial charge is 0.153 e. The van der Waals surface area contributed by atoms with Gasteiger partial charge in [0.05, 0.1) is 27.2 Å². The Morgan fingerprint density at radius 1 is 0.935 bits per heavy atom. The molecule has 0 spiro atoms. The molecule has 8 heteroatoms. The van der Waals surface area contributed by atoms with Gasteiger partial charge in [0.15, 0.2) is 6.29 Å². The summed E-state index contributed by atoms with van der Waals surface area (Å²) in [5.74, 6) is 0.625. The summed E-state index contributed by atoms with van der Waals surface area (Å²) >= 11 is 22.8. The fraction of sp³-hybridized carbons (Fsp3) is 0.174. The Hall–Kier alpha value is -1.92. The maximum atomic E-state index is 10.9. The molecule has 0 amide bonds. The molecule has 0 aromatic heterocycles. The van der Waals surface area contributed by atoms with E-state index in [0.29, 0.717) is 34.3 Å². The average molecular weight is 545 g/mol. The van der Waals surface area contributed by atoms with Crippen molar-refractivity contribution in [2.75, 3.05) is 11.9 Å². The van der Waals surface area contributed by atoms with Crippen molar-refractivity contribution in [1.29, 1.82) is 0 Å². The highest BCUT2D eigenvalue weighted by Crippen LogP contribution is 2.40. The van der Waals surface area contributed by atoms with Crippen molar-refractivity contribution in [3.05, 3.63) is 74.7 Å². The Bertz CT molecular complexity index is 1090. The molecule has 0 aliphatic rings. The van der Waals surface area contributed by atoms with Crippen LogP contribution in [0.5, 0.6) is 17.2 Å². The second-order valence-electron chi connectivity index (χ2n) is 6.54. The third-order valence-electron chi connectivity index (χ3n) is 4.46. The normalized spacial score (nSPS) is 10.7. The van der Waals surface area contributed by atoms with E-state index in [4.69, 9.17) is 44.3 Å². The first-order chi connectivity index (χ1) is 15.0. The van der Waals surface area contributed by atoms with Crippen LogP contribution in [-0.2, 0) is 6.61 Å². The number of aromatic hydroxyl groups is 1. The van der Waals surface area contributed by atoms with Crippen LogP contribution >= 0.6 is 50.7 Å². The molecule has 0 saturated heterocycles. The molecule has 0 saturated carbocycles. The van der Waals surface area contributed by atoms with Gasteiger partial charge in [0.25, 0.3) is 0 Å². The van der Waals surface area contributed by atoms with Crippen LogP contribution in [0.4, 0.5) is 0 Å². The fourth-order valence-electron chi connectivity index (χ4n) is 2.88. The van der Waals surface area contributed by atoms with Crippen LogP contribution in [0.25, 0.3) is 11.1 Å². The summed E-state index contributed by atoms with van der Waals surface area (Å²) in [6.45, 7) is 0.651. The van der Waals surface area contributed by atoms with Crippen molar-refractivity contribution in [2.45, 2.75) is 13.0 Å². The zero-order chi connectivity index (χ0) is 22.4. The van der Waals surface area contributed by atoms with E-state index in [1.807, 2.05) is 36.4 Å². The predicted molar refractivity (Wildman–Crippen MR) is 129 cm³/mol. The molecule has 0 fully saturated rings. The number of carbonyl (C=O) groups is 1. The SMILES string of the molecule is O=Cc1cc(Cl)c(OCc2cccc(-c3cccc(OCCCBr)c3Cl)c2Cl)cc1O. The van der Waals surface area contributed by atoms with E-state index >= 15 is 0 Å². The van der Waals surface area contributed by atoms with Crippen LogP contribution < -0.4 is 9.47 Å². The van der Waals surface area contributed by atoms with Gasteiger partial charge in [-0.05, 0) is 18.6 Å². The molecule has 0 unspecified atom stereocenters. The molecule has 3 rings (SSSR count). The van der Waals surface area contributed by atoms with Crippen molar-refractivity contribution in [3.8, 4) is 28.4 Å². The molecule has 0 aliphatic carbocycles. The van der Waals surface area contributed by atoms with Gasteiger partial charge in [-0.1, -0.05) is 81.1 Å². The number of aldehydes is 1. The van der Waals surface area contributed by atoms with E-state index in [-0.39, 0.29) is 28.7 Å². The second kappa shape index (κ2) is 11.1. The van der Waals surface area contributed by atoms with Gasteiger partial charge < -0.3 is 14.6 Å². The molecule has 0 atom stereocenters. The summed E-state index contributed by atoms with van der Waals surface area (Å²) in [6.07, 6.45) is 1.38. The molecule has 1 N–H and O–H groups in total. The lowest BCUT2D eigenvalue weighted by Gasteiger charge is -2.15. The zero-order valence-corrected chi connectivity index (χ0v) is 20.1. The average Bonchev–Trinajstić information content (AvgIpc) is 2.76. The van der Waals surface area contributed by atoms with E-state index < -0.39 is 0 Å². The van der Waals surface area contributed by atoms with Crippen LogP contribution in [0.2, 0.25) is 15.1 Å². The number of phenolic OH excluding ortho intramolecular Hbond substituents is 1. The van der Waals surface area contributed by atoms with Gasteiger partial charge in [0.1, 0.15) is 23.9 Å². The molecule has 0 radical (unpaired) electrons. The standard InChI is InChI=1S/C23H18BrCl3O4/c24-8-3-9-30-20-7-2-6-17(23(20)27)16-5-1-4-14(22(16)26)13-31-21-11-19(29)15(12-28)10-18(21)25/h1-2,4-7,10-12,29H,3,8-9,13H2. The largest absolute Gasteiger partial charge is 0.507 e. The number of phenols is 1. The highest BCUT2D eigenvalue weighted by Gasteiger charge is 2.15. The summed E-state index contributed by atoms with van der Waals surface area (Å²) in [7, 11) is 0. The van der Waals surface area contributed by atoms with Gasteiger partial charge in [-0.3, -0.25) is 4.79 Å². The Morgan fingerprint density at radius 3 is 2.35 bits per heavy atom. The lowest BCUT2D eigenvalue weighted by molar-refractivity contribution is 0.112. The molecule has 3 aromatic rings. The maximum Gasteiger partial charge on any atom is 0.153 e. The molecule has 0 bridgehead atoms. The number of benzene rings is 3. The fourth-order valence-corrected chi connectivity index (χ4v) is 3.91. The summed E-state index contributed by atoms with van der Waals surface area (Å²) < 4.78 is 11.5. The molecule has 162 valence electrons. The van der Waals surface area contributed by atoms with Crippen molar-refractivity contribution in [3.63, 3.8) is 0 Å². The van der Waals surface area contributed by atoms with E-state index in [0.717, 1.165) is 22.9 Å². The number of hydrogen-bond acceptors (Lipinski definition) is 4. The lowest BCUT2D eigenvalue weighted by Crippen LogP contribution is -2.00. The van der Waals surface area contributed by atoms with Crippen molar-refractivity contribution in [1.82, 2.24) is 0 Å². The predicted octanol–water partition coefficient (Wildman–Crippen LogP) is 7.57. The van der Waals surface area contributed by atoms with Gasteiger partial charge in [-0.2, -0.15) is 0 Å². The van der Waals surface area contributed by atoms with Gasteiger partial charge in [-0.15, -0.1) is 0 Å². The minimum atomic E-state index is -0.210. The lowest BCUT2D eigenvalue weighted by atomic mass is 10.0. The Morgan fingerprint density at radius 2 is 1.65 bits per heavy atom. The number of hydrogen-bond donors (Lipinski definition) is 1. The summed E-state index contributed by atoms with van der Waals surface area (Å²) in [6, 6.07) is 13.7. The van der Waals surface area contributed by atoms with Crippen LogP contribution in [-0.4, -0.2) is 23.3 Å². The Kier molecular flexibility index (Phi) is 8.50. The minimum Gasteiger partial charge on any atom is -0.507 e. The molecule has 3 aromatic carbocycles. The van der Waals surface area contributed by atoms with Gasteiger partial charge in [-0.25, -0.2) is 0 Å². The summed E-state index contributed by atoms with van der Waals surface area (Å²) in [5.41, 5.74) is 2.28. The first-order valence-corrected chi connectivity index (χ1v) is 11.6. The number of ether oxygens (including phenoxy) is 2. The number of halogens is 4. The highest BCUT2D eigenvalue weighted by molar-refractivity contribution is 9.09. The van der Waals surface area contributed by atoms with Crippen LogP contribution in [0.3, 0.4) is 0 Å². The van der Waals surface area contributed by atoms with Crippen molar-refractivity contribution < 1.29 is 19.4 Å². The molecule has 0 aliphatic heterocycles. The molecule has 4 nitrogen and oxygen atoms in total. The van der Waals surface area contributed by atoms with Crippen molar-refractivity contribution >= 4 is 57.0 Å². The third-order valence-corrected chi connectivity index (χ3v) is 6.15. The highest BCUT2D eigenvalue weighted by atomic mass is 79.9. The summed E-state index contributed by atoms with van der Waals surface area (Å²) in [4.78, 5) is 10.9. The van der Waals surface area contributed by atoms with Crippen LogP contribution in [0.15, 0.2) is 48.5 Å². The summed E-state index contributed by atoms with van der Waals surface area (Å²) in [5, 5.41) is 11.9. The molecular formula is C23H18BrCl3O4. The zero-order valence-electron chi connectivity index (χ0n) is 16.2. The van der Waals surface area contributed by atoms with E-state index in [9.17, 15) is 9.90 Å². The topological polar surface area (TPSA) is 55.8 Å². The first kappa shape index (κ1) is 23.7. The maximum absolute atomic E-state index is 10.9. The third kappa shape index (κ3) is 5.66. The number of carbonyl (C=O) groups excluding carboxylic acids is 1. The Labute approximate surface area is 203 Å². The van der Waals surface area contributed by atoms with Crippen LogP contribution in [0.1, 0.15) is 22.3 Å². The molecule has 31 heavy (non-hydrogen) atoms. The monoisotopic (exact) mass is 542 g/mol. The van der Waals surface area contributed by atoms with Crippen LogP contribution in [0, 0.1) is 0 Å². The van der Waals surface area contributed by atoms with Crippen molar-refractivity contribution in [2.24, 2.45) is 0 Å². The molecular weight excluding hydrogens is 527 g/mol. The van der Waals surface area contributed by atoms with E-state index in [1.54, 1.807) is 0 Å². The first-order valence-electron chi connectivity index (χ1n) is 9.31. The second-order valence-corrected chi connectivity index (χ2v) is 8.49. The minimum absolute atomic E-state index is 0.0882. The Balaban J connectivity index is 1.85. The molecule has 0 heterocycles. The number of rotatable bonds is 9. The van der Waals surface area contributed by atoms with E-state index in [1.165, 1.54) is 12.1 Å². The quantitative estimate of drug-likeness (QED) is 0.171. The van der Waals surface area contributed by atoms with Gasteiger partial charge in [0.2, 0.25) is 0 Å². The van der Waals surface area contributed by atoms with Gasteiger partial charge >= 0.3 is 0 Å². The van der Waals surface area contributed by atoms with Gasteiger partial charge in [0, 0.05) is 28.1 Å². The number of alkyl halides is 1.